The second kappa shape index (κ2) is 5.44. The highest BCUT2D eigenvalue weighted by Gasteiger charge is 2.15. The van der Waals surface area contributed by atoms with E-state index in [4.69, 9.17) is 0 Å². The van der Waals surface area contributed by atoms with E-state index >= 15 is 0 Å². The predicted molar refractivity (Wildman–Crippen MR) is 85.4 cm³/mol. The number of benzene rings is 2. The SMILES string of the molecule is Cc1ccccc1C(C)NC(=O)c1cccc2[nH]ccc12. The molecule has 1 unspecified atom stereocenters. The van der Waals surface area contributed by atoms with Gasteiger partial charge in [0.15, 0.2) is 0 Å². The van der Waals surface area contributed by atoms with Crippen LogP contribution in [0.3, 0.4) is 0 Å². The highest BCUT2D eigenvalue weighted by molar-refractivity contribution is 6.06. The number of aryl methyl sites for hydroxylation is 1. The molecule has 3 nitrogen and oxygen atoms in total. The maximum absolute atomic E-state index is 12.5. The molecule has 1 aromatic heterocycles. The van der Waals surface area contributed by atoms with Crippen molar-refractivity contribution in [2.45, 2.75) is 19.9 Å². The van der Waals surface area contributed by atoms with Crippen molar-refractivity contribution in [1.29, 1.82) is 0 Å². The van der Waals surface area contributed by atoms with Gasteiger partial charge in [-0.05, 0) is 43.2 Å². The molecule has 0 fully saturated rings. The Hall–Kier alpha value is -2.55. The van der Waals surface area contributed by atoms with Crippen LogP contribution in [0, 0.1) is 6.92 Å². The van der Waals surface area contributed by atoms with Crippen LogP contribution in [0.15, 0.2) is 54.7 Å². The third-order valence-electron chi connectivity index (χ3n) is 3.84. The molecule has 0 radical (unpaired) electrons. The molecule has 2 aromatic carbocycles. The summed E-state index contributed by atoms with van der Waals surface area (Å²) >= 11 is 0. The van der Waals surface area contributed by atoms with Gasteiger partial charge in [-0.15, -0.1) is 0 Å². The average molecular weight is 278 g/mol. The Morgan fingerprint density at radius 1 is 1.10 bits per heavy atom. The molecule has 0 saturated carbocycles. The lowest BCUT2D eigenvalue weighted by Gasteiger charge is -2.17. The van der Waals surface area contributed by atoms with E-state index in [0.717, 1.165) is 16.5 Å². The highest BCUT2D eigenvalue weighted by Crippen LogP contribution is 2.20. The molecule has 0 aliphatic heterocycles. The van der Waals surface area contributed by atoms with Crippen LogP contribution >= 0.6 is 0 Å². The van der Waals surface area contributed by atoms with Crippen LogP contribution in [0.5, 0.6) is 0 Å². The van der Waals surface area contributed by atoms with Crippen molar-refractivity contribution in [3.63, 3.8) is 0 Å². The van der Waals surface area contributed by atoms with Crippen LogP contribution in [0.2, 0.25) is 0 Å². The largest absolute Gasteiger partial charge is 0.361 e. The lowest BCUT2D eigenvalue weighted by Crippen LogP contribution is -2.27. The molecule has 0 bridgehead atoms. The minimum absolute atomic E-state index is 0.0205. The zero-order valence-corrected chi connectivity index (χ0v) is 12.2. The number of nitrogens with one attached hydrogen (secondary N) is 2. The maximum atomic E-state index is 12.5. The Balaban J connectivity index is 1.87. The molecule has 2 N–H and O–H groups in total. The molecule has 1 heterocycles. The number of rotatable bonds is 3. The number of aromatic amines is 1. The van der Waals surface area contributed by atoms with Crippen LogP contribution in [-0.2, 0) is 0 Å². The summed E-state index contributed by atoms with van der Waals surface area (Å²) in [5.74, 6) is -0.0454. The van der Waals surface area contributed by atoms with Gasteiger partial charge in [0.2, 0.25) is 0 Å². The standard InChI is InChI=1S/C18H18N2O/c1-12-6-3-4-7-14(12)13(2)20-18(21)16-8-5-9-17-15(16)10-11-19-17/h3-11,13,19H,1-2H3,(H,20,21). The number of hydrogen-bond acceptors (Lipinski definition) is 1. The van der Waals surface area contributed by atoms with E-state index in [1.54, 1.807) is 0 Å². The third kappa shape index (κ3) is 2.55. The molecule has 0 aliphatic rings. The first-order valence-corrected chi connectivity index (χ1v) is 7.09. The van der Waals surface area contributed by atoms with E-state index in [2.05, 4.69) is 29.4 Å². The molecular formula is C18H18N2O. The number of fused-ring (bicyclic) bond motifs is 1. The molecule has 3 heteroatoms. The number of carbonyl (C=O) groups is 1. The van der Waals surface area contributed by atoms with Gasteiger partial charge in [0, 0.05) is 22.7 Å². The van der Waals surface area contributed by atoms with Gasteiger partial charge in [-0.1, -0.05) is 30.3 Å². The van der Waals surface area contributed by atoms with Crippen LogP contribution in [0.4, 0.5) is 0 Å². The van der Waals surface area contributed by atoms with Crippen molar-refractivity contribution in [2.24, 2.45) is 0 Å². The summed E-state index contributed by atoms with van der Waals surface area (Å²) in [5, 5.41) is 4.03. The molecule has 0 spiro atoms. The van der Waals surface area contributed by atoms with Crippen molar-refractivity contribution in [1.82, 2.24) is 10.3 Å². The number of hydrogen-bond donors (Lipinski definition) is 2. The Labute approximate surface area is 124 Å². The fourth-order valence-corrected chi connectivity index (χ4v) is 2.71. The minimum atomic E-state index is -0.0454. The molecule has 21 heavy (non-hydrogen) atoms. The minimum Gasteiger partial charge on any atom is -0.361 e. The first-order chi connectivity index (χ1) is 10.2. The van der Waals surface area contributed by atoms with Crippen LogP contribution < -0.4 is 5.32 Å². The highest BCUT2D eigenvalue weighted by atomic mass is 16.1. The monoisotopic (exact) mass is 278 g/mol. The topological polar surface area (TPSA) is 44.9 Å². The molecule has 1 amide bonds. The molecule has 0 aliphatic carbocycles. The van der Waals surface area contributed by atoms with Crippen molar-refractivity contribution in [3.05, 3.63) is 71.4 Å². The third-order valence-corrected chi connectivity index (χ3v) is 3.84. The van der Waals surface area contributed by atoms with Gasteiger partial charge >= 0.3 is 0 Å². The van der Waals surface area contributed by atoms with Gasteiger partial charge in [-0.25, -0.2) is 0 Å². The first kappa shape index (κ1) is 13.4. The van der Waals surface area contributed by atoms with E-state index < -0.39 is 0 Å². The van der Waals surface area contributed by atoms with Gasteiger partial charge in [-0.3, -0.25) is 4.79 Å². The van der Waals surface area contributed by atoms with Gasteiger partial charge in [0.05, 0.1) is 6.04 Å². The maximum Gasteiger partial charge on any atom is 0.252 e. The lowest BCUT2D eigenvalue weighted by atomic mass is 10.0. The van der Waals surface area contributed by atoms with Gasteiger partial charge in [0.25, 0.3) is 5.91 Å². The molecule has 106 valence electrons. The fraction of sp³-hybridized carbons (Fsp3) is 0.167. The summed E-state index contributed by atoms with van der Waals surface area (Å²) in [7, 11) is 0. The summed E-state index contributed by atoms with van der Waals surface area (Å²) in [5.41, 5.74) is 4.01. The summed E-state index contributed by atoms with van der Waals surface area (Å²) in [6, 6.07) is 15.8. The van der Waals surface area contributed by atoms with E-state index in [0.29, 0.717) is 5.56 Å². The summed E-state index contributed by atoms with van der Waals surface area (Å²) in [6.45, 7) is 4.07. The molecule has 0 saturated heterocycles. The Kier molecular flexibility index (Phi) is 3.48. The van der Waals surface area contributed by atoms with Gasteiger partial charge in [-0.2, -0.15) is 0 Å². The molecular weight excluding hydrogens is 260 g/mol. The first-order valence-electron chi connectivity index (χ1n) is 7.09. The Morgan fingerprint density at radius 3 is 2.71 bits per heavy atom. The summed E-state index contributed by atoms with van der Waals surface area (Å²) in [4.78, 5) is 15.7. The quantitative estimate of drug-likeness (QED) is 0.748. The summed E-state index contributed by atoms with van der Waals surface area (Å²) < 4.78 is 0. The predicted octanol–water partition coefficient (Wildman–Crippen LogP) is 3.97. The van der Waals surface area contributed by atoms with E-state index in [9.17, 15) is 4.79 Å². The van der Waals surface area contributed by atoms with E-state index in [1.807, 2.05) is 49.5 Å². The van der Waals surface area contributed by atoms with Crippen molar-refractivity contribution in [2.75, 3.05) is 0 Å². The van der Waals surface area contributed by atoms with Crippen LogP contribution in [-0.4, -0.2) is 10.9 Å². The average Bonchev–Trinajstić information content (AvgIpc) is 2.95. The van der Waals surface area contributed by atoms with Gasteiger partial charge in [0.1, 0.15) is 0 Å². The van der Waals surface area contributed by atoms with Crippen molar-refractivity contribution < 1.29 is 4.79 Å². The second-order valence-corrected chi connectivity index (χ2v) is 5.30. The zero-order valence-electron chi connectivity index (χ0n) is 12.2. The fourth-order valence-electron chi connectivity index (χ4n) is 2.71. The lowest BCUT2D eigenvalue weighted by molar-refractivity contribution is 0.0941. The molecule has 1 atom stereocenters. The molecule has 3 rings (SSSR count). The molecule has 3 aromatic rings. The zero-order chi connectivity index (χ0) is 14.8. The number of H-pyrrole nitrogens is 1. The normalized spacial score (nSPS) is 12.3. The van der Waals surface area contributed by atoms with Crippen LogP contribution in [0.1, 0.15) is 34.5 Å². The Morgan fingerprint density at radius 2 is 1.90 bits per heavy atom. The number of aromatic nitrogens is 1. The van der Waals surface area contributed by atoms with Gasteiger partial charge < -0.3 is 10.3 Å². The van der Waals surface area contributed by atoms with E-state index in [1.165, 1.54) is 5.56 Å². The summed E-state index contributed by atoms with van der Waals surface area (Å²) in [6.07, 6.45) is 1.85. The van der Waals surface area contributed by atoms with Crippen molar-refractivity contribution >= 4 is 16.8 Å². The number of amides is 1. The number of carbonyl (C=O) groups excluding carboxylic acids is 1. The Bertz CT molecular complexity index is 789. The smallest absolute Gasteiger partial charge is 0.252 e. The van der Waals surface area contributed by atoms with Crippen molar-refractivity contribution in [3.8, 4) is 0 Å². The van der Waals surface area contributed by atoms with E-state index in [-0.39, 0.29) is 11.9 Å². The van der Waals surface area contributed by atoms with Crippen LogP contribution in [0.25, 0.3) is 10.9 Å². The second-order valence-electron chi connectivity index (χ2n) is 5.30.